The van der Waals surface area contributed by atoms with Crippen molar-refractivity contribution in [2.45, 2.75) is 6.54 Å². The Hall–Kier alpha value is -2.60. The summed E-state index contributed by atoms with van der Waals surface area (Å²) in [4.78, 5) is 29.6. The molecular weight excluding hydrogens is 316 g/mol. The second kappa shape index (κ2) is 7.60. The van der Waals surface area contributed by atoms with Crippen LogP contribution in [-0.2, 0) is 16.1 Å². The van der Waals surface area contributed by atoms with Gasteiger partial charge in [-0.05, 0) is 23.8 Å². The Kier molecular flexibility index (Phi) is 5.54. The average Bonchev–Trinajstić information content (AvgIpc) is 2.54. The molecule has 0 unspecified atom stereocenters. The van der Waals surface area contributed by atoms with Crippen molar-refractivity contribution >= 4 is 34.9 Å². The third kappa shape index (κ3) is 4.69. The topological polar surface area (TPSA) is 74.3 Å². The summed E-state index contributed by atoms with van der Waals surface area (Å²) < 4.78 is 0. The van der Waals surface area contributed by atoms with Gasteiger partial charge < -0.3 is 15.5 Å². The summed E-state index contributed by atoms with van der Waals surface area (Å²) in [5.41, 5.74) is 1.20. The summed E-state index contributed by atoms with van der Waals surface area (Å²) in [6.07, 6.45) is 1.49. The van der Waals surface area contributed by atoms with Crippen LogP contribution in [0.5, 0.6) is 0 Å². The minimum absolute atomic E-state index is 0.184. The minimum atomic E-state index is -0.753. The van der Waals surface area contributed by atoms with E-state index in [0.29, 0.717) is 10.7 Å². The van der Waals surface area contributed by atoms with Crippen LogP contribution in [0.3, 0.4) is 0 Å². The first-order valence-corrected chi connectivity index (χ1v) is 7.31. The SMILES string of the molecule is CN(C)c1ccc(NC(=O)C(=O)NCc2ccccc2Cl)cn1. The normalized spacial score (nSPS) is 10.0. The van der Waals surface area contributed by atoms with E-state index >= 15 is 0 Å². The van der Waals surface area contributed by atoms with Crippen molar-refractivity contribution in [2.24, 2.45) is 0 Å². The highest BCUT2D eigenvalue weighted by atomic mass is 35.5. The molecule has 0 bridgehead atoms. The molecule has 2 rings (SSSR count). The standard InChI is InChI=1S/C16H17ClN4O2/c1-21(2)14-8-7-12(10-18-14)20-16(23)15(22)19-9-11-5-3-4-6-13(11)17/h3-8,10H,9H2,1-2H3,(H,19,22)(H,20,23). The van der Waals surface area contributed by atoms with E-state index in [0.717, 1.165) is 11.4 Å². The number of rotatable bonds is 4. The highest BCUT2D eigenvalue weighted by Crippen LogP contribution is 2.14. The van der Waals surface area contributed by atoms with E-state index in [2.05, 4.69) is 15.6 Å². The van der Waals surface area contributed by atoms with Gasteiger partial charge in [0, 0.05) is 25.7 Å². The number of carbonyl (C=O) groups is 2. The fourth-order valence-corrected chi connectivity index (χ4v) is 2.01. The maximum Gasteiger partial charge on any atom is 0.313 e. The highest BCUT2D eigenvalue weighted by molar-refractivity contribution is 6.39. The van der Waals surface area contributed by atoms with E-state index in [1.54, 1.807) is 30.3 Å². The lowest BCUT2D eigenvalue weighted by Crippen LogP contribution is -2.35. The van der Waals surface area contributed by atoms with Crippen molar-refractivity contribution in [1.82, 2.24) is 10.3 Å². The lowest BCUT2D eigenvalue weighted by atomic mass is 10.2. The molecular formula is C16H17ClN4O2. The zero-order valence-corrected chi connectivity index (χ0v) is 13.6. The van der Waals surface area contributed by atoms with Crippen molar-refractivity contribution in [1.29, 1.82) is 0 Å². The molecule has 0 fully saturated rings. The Balaban J connectivity index is 1.90. The number of nitrogens with zero attached hydrogens (tertiary/aromatic N) is 2. The quantitative estimate of drug-likeness (QED) is 0.840. The first-order valence-electron chi connectivity index (χ1n) is 6.93. The molecule has 0 aliphatic heterocycles. The molecule has 2 amide bonds. The third-order valence-electron chi connectivity index (χ3n) is 3.07. The van der Waals surface area contributed by atoms with Gasteiger partial charge in [-0.2, -0.15) is 0 Å². The third-order valence-corrected chi connectivity index (χ3v) is 3.44. The molecule has 0 atom stereocenters. The summed E-state index contributed by atoms with van der Waals surface area (Å²) in [6.45, 7) is 0.184. The molecule has 1 aromatic heterocycles. The average molecular weight is 333 g/mol. The summed E-state index contributed by atoms with van der Waals surface area (Å²) in [5, 5.41) is 5.56. The molecule has 0 saturated carbocycles. The fourth-order valence-electron chi connectivity index (χ4n) is 1.81. The van der Waals surface area contributed by atoms with E-state index in [-0.39, 0.29) is 6.54 Å². The van der Waals surface area contributed by atoms with Crippen LogP contribution in [0.2, 0.25) is 5.02 Å². The number of hydrogen-bond acceptors (Lipinski definition) is 4. The lowest BCUT2D eigenvalue weighted by molar-refractivity contribution is -0.136. The zero-order valence-electron chi connectivity index (χ0n) is 12.8. The molecule has 2 N–H and O–H groups in total. The highest BCUT2D eigenvalue weighted by Gasteiger charge is 2.14. The van der Waals surface area contributed by atoms with Gasteiger partial charge in [-0.1, -0.05) is 29.8 Å². The van der Waals surface area contributed by atoms with Crippen LogP contribution in [0.15, 0.2) is 42.6 Å². The first-order chi connectivity index (χ1) is 11.0. The van der Waals surface area contributed by atoms with Crippen LogP contribution in [0.1, 0.15) is 5.56 Å². The first kappa shape index (κ1) is 16.8. The Bertz CT molecular complexity index is 701. The van der Waals surface area contributed by atoms with Gasteiger partial charge in [0.15, 0.2) is 0 Å². The van der Waals surface area contributed by atoms with Crippen molar-refractivity contribution in [3.05, 3.63) is 53.2 Å². The Morgan fingerprint density at radius 3 is 2.48 bits per heavy atom. The maximum atomic E-state index is 11.8. The number of benzene rings is 1. The molecule has 6 nitrogen and oxygen atoms in total. The number of amides is 2. The summed E-state index contributed by atoms with van der Waals surface area (Å²) in [5.74, 6) is -0.732. The van der Waals surface area contributed by atoms with E-state index < -0.39 is 11.8 Å². The van der Waals surface area contributed by atoms with Crippen molar-refractivity contribution in [3.8, 4) is 0 Å². The molecule has 23 heavy (non-hydrogen) atoms. The van der Waals surface area contributed by atoms with Crippen LogP contribution in [0.4, 0.5) is 11.5 Å². The zero-order chi connectivity index (χ0) is 16.8. The van der Waals surface area contributed by atoms with Crippen molar-refractivity contribution in [3.63, 3.8) is 0 Å². The van der Waals surface area contributed by atoms with Crippen LogP contribution >= 0.6 is 11.6 Å². The molecule has 0 saturated heterocycles. The molecule has 120 valence electrons. The predicted molar refractivity (Wildman–Crippen MR) is 90.5 cm³/mol. The Labute approximate surface area is 139 Å². The summed E-state index contributed by atoms with van der Waals surface area (Å²) >= 11 is 5.99. The van der Waals surface area contributed by atoms with E-state index in [1.165, 1.54) is 6.20 Å². The van der Waals surface area contributed by atoms with Gasteiger partial charge in [0.2, 0.25) is 0 Å². The second-order valence-corrected chi connectivity index (χ2v) is 5.43. The number of pyridine rings is 1. The maximum absolute atomic E-state index is 11.8. The van der Waals surface area contributed by atoms with Gasteiger partial charge in [0.1, 0.15) is 5.82 Å². The Morgan fingerprint density at radius 2 is 1.87 bits per heavy atom. The molecule has 0 aliphatic rings. The van der Waals surface area contributed by atoms with Gasteiger partial charge in [0.25, 0.3) is 0 Å². The monoisotopic (exact) mass is 332 g/mol. The number of aromatic nitrogens is 1. The van der Waals surface area contributed by atoms with Crippen LogP contribution < -0.4 is 15.5 Å². The molecule has 0 spiro atoms. The van der Waals surface area contributed by atoms with Crippen LogP contribution in [0.25, 0.3) is 0 Å². The molecule has 1 aromatic carbocycles. The van der Waals surface area contributed by atoms with Crippen molar-refractivity contribution < 1.29 is 9.59 Å². The number of nitrogens with one attached hydrogen (secondary N) is 2. The largest absolute Gasteiger partial charge is 0.363 e. The lowest BCUT2D eigenvalue weighted by Gasteiger charge is -2.11. The number of anilines is 2. The smallest absolute Gasteiger partial charge is 0.313 e. The fraction of sp³-hybridized carbons (Fsp3) is 0.188. The van der Waals surface area contributed by atoms with E-state index in [4.69, 9.17) is 11.6 Å². The molecule has 7 heteroatoms. The number of halogens is 1. The van der Waals surface area contributed by atoms with Gasteiger partial charge in [-0.15, -0.1) is 0 Å². The molecule has 1 heterocycles. The van der Waals surface area contributed by atoms with Gasteiger partial charge in [0.05, 0.1) is 11.9 Å². The van der Waals surface area contributed by atoms with E-state index in [1.807, 2.05) is 25.1 Å². The van der Waals surface area contributed by atoms with Gasteiger partial charge in [-0.25, -0.2) is 4.98 Å². The minimum Gasteiger partial charge on any atom is -0.363 e. The Morgan fingerprint density at radius 1 is 1.13 bits per heavy atom. The van der Waals surface area contributed by atoms with Crippen LogP contribution in [0, 0.1) is 0 Å². The van der Waals surface area contributed by atoms with Crippen LogP contribution in [-0.4, -0.2) is 30.9 Å². The predicted octanol–water partition coefficient (Wildman–Crippen LogP) is 2.06. The molecule has 2 aromatic rings. The molecule has 0 aliphatic carbocycles. The number of hydrogen-bond donors (Lipinski definition) is 2. The molecule has 0 radical (unpaired) electrons. The van der Waals surface area contributed by atoms with Crippen molar-refractivity contribution in [2.75, 3.05) is 24.3 Å². The van der Waals surface area contributed by atoms with E-state index in [9.17, 15) is 9.59 Å². The van der Waals surface area contributed by atoms with Gasteiger partial charge in [-0.3, -0.25) is 9.59 Å². The summed E-state index contributed by atoms with van der Waals surface area (Å²) in [7, 11) is 3.73. The number of carbonyl (C=O) groups excluding carboxylic acids is 2. The van der Waals surface area contributed by atoms with Gasteiger partial charge >= 0.3 is 11.8 Å². The second-order valence-electron chi connectivity index (χ2n) is 5.03. The summed E-state index contributed by atoms with van der Waals surface area (Å²) in [6, 6.07) is 10.5.